The second-order valence-corrected chi connectivity index (χ2v) is 7.69. The van der Waals surface area contributed by atoms with Gasteiger partial charge in [-0.25, -0.2) is 0 Å². The normalized spacial score (nSPS) is 17.4. The number of carbonyl (C=O) groups is 1. The summed E-state index contributed by atoms with van der Waals surface area (Å²) < 4.78 is 5.43. The highest BCUT2D eigenvalue weighted by atomic mass is 32.1. The Hall–Kier alpha value is -2.52. The summed E-state index contributed by atoms with van der Waals surface area (Å²) in [6, 6.07) is 3.93. The van der Waals surface area contributed by atoms with Gasteiger partial charge < -0.3 is 19.9 Å². The first kappa shape index (κ1) is 18.8. The van der Waals surface area contributed by atoms with Crippen LogP contribution in [0.3, 0.4) is 0 Å². The lowest BCUT2D eigenvalue weighted by Crippen LogP contribution is -2.38. The third-order valence-electron chi connectivity index (χ3n) is 4.70. The smallest absolute Gasteiger partial charge is 0.244 e. The molecule has 2 aromatic rings. The Kier molecular flexibility index (Phi) is 6.13. The Balaban J connectivity index is 1.46. The number of hydrogen-bond acceptors (Lipinski definition) is 8. The van der Waals surface area contributed by atoms with Crippen molar-refractivity contribution in [2.75, 3.05) is 49.2 Å². The van der Waals surface area contributed by atoms with Gasteiger partial charge in [-0.3, -0.25) is 4.79 Å². The van der Waals surface area contributed by atoms with Crippen LogP contribution in [0.25, 0.3) is 6.08 Å². The molecule has 8 nitrogen and oxygen atoms in total. The van der Waals surface area contributed by atoms with Crippen molar-refractivity contribution in [1.82, 2.24) is 20.3 Å². The molecule has 1 N–H and O–H groups in total. The Morgan fingerprint density at radius 2 is 1.82 bits per heavy atom. The van der Waals surface area contributed by atoms with Crippen LogP contribution in [0.15, 0.2) is 23.6 Å². The van der Waals surface area contributed by atoms with Crippen LogP contribution in [0.1, 0.15) is 23.5 Å². The van der Waals surface area contributed by atoms with E-state index in [1.807, 2.05) is 23.6 Å². The topological polar surface area (TPSA) is 83.5 Å². The quantitative estimate of drug-likeness (QED) is 0.739. The van der Waals surface area contributed by atoms with E-state index in [1.165, 1.54) is 6.08 Å². The molecule has 9 heteroatoms. The average Bonchev–Trinajstić information content (AvgIpc) is 3.45. The summed E-state index contributed by atoms with van der Waals surface area (Å²) in [6.45, 7) is 5.06. The maximum Gasteiger partial charge on any atom is 0.244 e. The number of aromatic nitrogens is 3. The molecule has 4 heterocycles. The number of anilines is 2. The summed E-state index contributed by atoms with van der Waals surface area (Å²) in [5, 5.41) is 4.86. The molecule has 0 aliphatic carbocycles. The van der Waals surface area contributed by atoms with Crippen LogP contribution in [0.5, 0.6) is 0 Å². The molecule has 4 rings (SSSR count). The molecule has 2 saturated heterocycles. The van der Waals surface area contributed by atoms with Gasteiger partial charge >= 0.3 is 0 Å². The molecule has 148 valence electrons. The molecule has 0 aromatic carbocycles. The summed E-state index contributed by atoms with van der Waals surface area (Å²) in [7, 11) is 0. The lowest BCUT2D eigenvalue weighted by atomic mass is 10.4. The first-order valence-corrected chi connectivity index (χ1v) is 10.5. The van der Waals surface area contributed by atoms with Gasteiger partial charge in [0, 0.05) is 37.1 Å². The number of rotatable bonds is 6. The molecule has 0 radical (unpaired) electrons. The van der Waals surface area contributed by atoms with E-state index < -0.39 is 0 Å². The van der Waals surface area contributed by atoms with Crippen molar-refractivity contribution in [1.29, 1.82) is 0 Å². The van der Waals surface area contributed by atoms with E-state index in [0.29, 0.717) is 30.9 Å². The number of amides is 1. The number of morpholine rings is 1. The molecule has 0 atom stereocenters. The van der Waals surface area contributed by atoms with Crippen LogP contribution in [0.4, 0.5) is 11.9 Å². The Morgan fingerprint density at radius 1 is 1.11 bits per heavy atom. The van der Waals surface area contributed by atoms with E-state index in [2.05, 4.69) is 30.1 Å². The molecular formula is C19H24N6O2S. The molecule has 0 bridgehead atoms. The number of hydrogen-bond donors (Lipinski definition) is 1. The van der Waals surface area contributed by atoms with Crippen molar-refractivity contribution in [3.05, 3.63) is 34.3 Å². The maximum absolute atomic E-state index is 12.1. The zero-order valence-electron chi connectivity index (χ0n) is 15.7. The molecule has 0 saturated carbocycles. The summed E-state index contributed by atoms with van der Waals surface area (Å²) in [4.78, 5) is 31.4. The van der Waals surface area contributed by atoms with Crippen molar-refractivity contribution < 1.29 is 9.53 Å². The summed E-state index contributed by atoms with van der Waals surface area (Å²) in [5.41, 5.74) is 0. The number of carbonyl (C=O) groups excluding carboxylic acids is 1. The molecule has 1 amide bonds. The van der Waals surface area contributed by atoms with Crippen LogP contribution in [0, 0.1) is 0 Å². The Labute approximate surface area is 168 Å². The van der Waals surface area contributed by atoms with Gasteiger partial charge in [0.05, 0.1) is 19.8 Å². The first-order chi connectivity index (χ1) is 13.8. The standard InChI is InChI=1S/C19H24N6O2S/c26-17(6-5-15-4-3-13-28-15)20-14-16-21-18(24-7-1-2-8-24)23-19(22-16)25-9-11-27-12-10-25/h3-6,13H,1-2,7-12,14H2,(H,20,26)/b6-5+. The number of thiophene rings is 1. The number of nitrogens with zero attached hydrogens (tertiary/aromatic N) is 5. The summed E-state index contributed by atoms with van der Waals surface area (Å²) >= 11 is 1.59. The van der Waals surface area contributed by atoms with E-state index >= 15 is 0 Å². The number of nitrogens with one attached hydrogen (secondary N) is 1. The van der Waals surface area contributed by atoms with Gasteiger partial charge in [-0.1, -0.05) is 6.07 Å². The van der Waals surface area contributed by atoms with Crippen LogP contribution >= 0.6 is 11.3 Å². The third kappa shape index (κ3) is 4.85. The van der Waals surface area contributed by atoms with Gasteiger partial charge in [0.15, 0.2) is 5.82 Å². The van der Waals surface area contributed by atoms with Gasteiger partial charge in [0.2, 0.25) is 17.8 Å². The summed E-state index contributed by atoms with van der Waals surface area (Å²) in [6.07, 6.45) is 5.65. The zero-order valence-corrected chi connectivity index (χ0v) is 16.5. The van der Waals surface area contributed by atoms with Gasteiger partial charge in [-0.05, 0) is 30.4 Å². The van der Waals surface area contributed by atoms with Crippen molar-refractivity contribution in [3.8, 4) is 0 Å². The van der Waals surface area contributed by atoms with Crippen LogP contribution in [-0.4, -0.2) is 60.3 Å². The largest absolute Gasteiger partial charge is 0.378 e. The predicted octanol–water partition coefficient (Wildman–Crippen LogP) is 1.70. The lowest BCUT2D eigenvalue weighted by molar-refractivity contribution is -0.116. The SMILES string of the molecule is O=C(/C=C/c1cccs1)NCc1nc(N2CCCC2)nc(N2CCOCC2)n1. The van der Waals surface area contributed by atoms with Gasteiger partial charge in [0.1, 0.15) is 0 Å². The highest BCUT2D eigenvalue weighted by Gasteiger charge is 2.21. The molecular weight excluding hydrogens is 376 g/mol. The lowest BCUT2D eigenvalue weighted by Gasteiger charge is -2.28. The van der Waals surface area contributed by atoms with Gasteiger partial charge in [-0.15, -0.1) is 11.3 Å². The minimum atomic E-state index is -0.163. The molecule has 2 fully saturated rings. The first-order valence-electron chi connectivity index (χ1n) is 9.60. The fourth-order valence-electron chi connectivity index (χ4n) is 3.21. The van der Waals surface area contributed by atoms with Gasteiger partial charge in [-0.2, -0.15) is 15.0 Å². The monoisotopic (exact) mass is 400 g/mol. The molecule has 0 unspecified atom stereocenters. The van der Waals surface area contributed by atoms with E-state index in [9.17, 15) is 4.79 Å². The van der Waals surface area contributed by atoms with E-state index in [0.717, 1.165) is 43.9 Å². The molecule has 2 aliphatic rings. The van der Waals surface area contributed by atoms with Crippen molar-refractivity contribution in [2.24, 2.45) is 0 Å². The molecule has 0 spiro atoms. The highest BCUT2D eigenvalue weighted by Crippen LogP contribution is 2.19. The molecule has 28 heavy (non-hydrogen) atoms. The van der Waals surface area contributed by atoms with Crippen LogP contribution in [0.2, 0.25) is 0 Å². The van der Waals surface area contributed by atoms with Crippen LogP contribution in [-0.2, 0) is 16.1 Å². The van der Waals surface area contributed by atoms with Gasteiger partial charge in [0.25, 0.3) is 0 Å². The second-order valence-electron chi connectivity index (χ2n) is 6.71. The number of ether oxygens (including phenoxy) is 1. The minimum absolute atomic E-state index is 0.163. The predicted molar refractivity (Wildman–Crippen MR) is 110 cm³/mol. The summed E-state index contributed by atoms with van der Waals surface area (Å²) in [5.74, 6) is 1.78. The van der Waals surface area contributed by atoms with Crippen molar-refractivity contribution in [3.63, 3.8) is 0 Å². The molecule has 2 aromatic heterocycles. The fourth-order valence-corrected chi connectivity index (χ4v) is 3.82. The Bertz CT molecular complexity index is 814. The van der Waals surface area contributed by atoms with E-state index in [-0.39, 0.29) is 12.5 Å². The van der Waals surface area contributed by atoms with E-state index in [1.54, 1.807) is 11.3 Å². The van der Waals surface area contributed by atoms with Crippen molar-refractivity contribution in [2.45, 2.75) is 19.4 Å². The van der Waals surface area contributed by atoms with Crippen LogP contribution < -0.4 is 15.1 Å². The minimum Gasteiger partial charge on any atom is -0.378 e. The maximum atomic E-state index is 12.1. The van der Waals surface area contributed by atoms with Crippen molar-refractivity contribution >= 4 is 35.2 Å². The average molecular weight is 401 g/mol. The van der Waals surface area contributed by atoms with E-state index in [4.69, 9.17) is 4.74 Å². The third-order valence-corrected chi connectivity index (χ3v) is 5.54. The Morgan fingerprint density at radius 3 is 2.50 bits per heavy atom. The molecule has 2 aliphatic heterocycles. The zero-order chi connectivity index (χ0) is 19.2. The second kappa shape index (κ2) is 9.11. The fraction of sp³-hybridized carbons (Fsp3) is 0.474. The highest BCUT2D eigenvalue weighted by molar-refractivity contribution is 7.10.